The fraction of sp³-hybridized carbons (Fsp3) is 0.500. The molecule has 1 aromatic carbocycles. The van der Waals surface area contributed by atoms with Crippen LogP contribution >= 0.6 is 0 Å². The van der Waals surface area contributed by atoms with Crippen LogP contribution in [0.4, 0.5) is 13.2 Å². The van der Waals surface area contributed by atoms with E-state index in [1.807, 2.05) is 6.92 Å². The summed E-state index contributed by atoms with van der Waals surface area (Å²) in [5.41, 5.74) is -0.313. The summed E-state index contributed by atoms with van der Waals surface area (Å²) in [6, 6.07) is 5.03. The number of rotatable bonds is 2. The number of amides is 1. The maximum atomic E-state index is 12.6. The Hall–Kier alpha value is -1.56. The highest BCUT2D eigenvalue weighted by Crippen LogP contribution is 2.29. The molecule has 2 rings (SSSR count). The molecule has 1 saturated heterocycles. The molecule has 0 aromatic heterocycles. The van der Waals surface area contributed by atoms with Crippen molar-refractivity contribution in [3.8, 4) is 0 Å². The number of piperazine rings is 1. The summed E-state index contributed by atoms with van der Waals surface area (Å²) < 4.78 is 37.9. The van der Waals surface area contributed by atoms with Crippen LogP contribution in [-0.4, -0.2) is 36.5 Å². The lowest BCUT2D eigenvalue weighted by Gasteiger charge is -2.34. The summed E-state index contributed by atoms with van der Waals surface area (Å²) in [6.45, 7) is 3.96. The fourth-order valence-electron chi connectivity index (χ4n) is 2.35. The third-order valence-electron chi connectivity index (χ3n) is 3.43. The number of carbonyl (C=O) groups is 1. The van der Waals surface area contributed by atoms with Gasteiger partial charge in [-0.3, -0.25) is 4.79 Å². The van der Waals surface area contributed by atoms with Crippen molar-refractivity contribution in [2.75, 3.05) is 19.6 Å². The summed E-state index contributed by atoms with van der Waals surface area (Å²) in [5.74, 6) is -0.127. The van der Waals surface area contributed by atoms with E-state index < -0.39 is 11.7 Å². The number of benzene rings is 1. The van der Waals surface area contributed by atoms with E-state index in [4.69, 9.17) is 0 Å². The van der Waals surface area contributed by atoms with Crippen molar-refractivity contribution in [3.63, 3.8) is 0 Å². The summed E-state index contributed by atoms with van der Waals surface area (Å²) in [4.78, 5) is 13.9. The van der Waals surface area contributed by atoms with Crippen molar-refractivity contribution in [2.45, 2.75) is 25.6 Å². The lowest BCUT2D eigenvalue weighted by atomic mass is 10.1. The number of nitrogens with one attached hydrogen (secondary N) is 1. The monoisotopic (exact) mass is 286 g/mol. The smallest absolute Gasteiger partial charge is 0.337 e. The molecule has 1 fully saturated rings. The standard InChI is InChI=1S/C14H17F3N2O/c1-10-9-18-5-6-19(10)13(20)8-11-3-2-4-12(7-11)14(15,16)17/h2-4,7,10,18H,5-6,8-9H2,1H3/t10-/m0/s1. The maximum Gasteiger partial charge on any atom is 0.416 e. The van der Waals surface area contributed by atoms with Crippen molar-refractivity contribution in [1.29, 1.82) is 0 Å². The summed E-state index contributed by atoms with van der Waals surface area (Å²) in [5, 5.41) is 3.17. The van der Waals surface area contributed by atoms with Gasteiger partial charge < -0.3 is 10.2 Å². The molecule has 0 radical (unpaired) electrons. The van der Waals surface area contributed by atoms with E-state index in [0.717, 1.165) is 18.7 Å². The molecule has 1 atom stereocenters. The first-order chi connectivity index (χ1) is 9.38. The fourth-order valence-corrected chi connectivity index (χ4v) is 2.35. The Labute approximate surface area is 115 Å². The summed E-state index contributed by atoms with van der Waals surface area (Å²) in [6.07, 6.45) is -4.37. The van der Waals surface area contributed by atoms with Crippen LogP contribution in [0.5, 0.6) is 0 Å². The molecule has 0 saturated carbocycles. The molecule has 0 spiro atoms. The maximum absolute atomic E-state index is 12.6. The Morgan fingerprint density at radius 1 is 1.45 bits per heavy atom. The van der Waals surface area contributed by atoms with E-state index in [-0.39, 0.29) is 18.4 Å². The number of alkyl halides is 3. The minimum Gasteiger partial charge on any atom is -0.337 e. The van der Waals surface area contributed by atoms with Crippen LogP contribution in [0.25, 0.3) is 0 Å². The number of nitrogens with zero attached hydrogens (tertiary/aromatic N) is 1. The molecule has 1 aliphatic heterocycles. The van der Waals surface area contributed by atoms with Crippen LogP contribution < -0.4 is 5.32 Å². The van der Waals surface area contributed by atoms with Gasteiger partial charge in [-0.05, 0) is 18.6 Å². The van der Waals surface area contributed by atoms with Gasteiger partial charge >= 0.3 is 6.18 Å². The highest BCUT2D eigenvalue weighted by atomic mass is 19.4. The largest absolute Gasteiger partial charge is 0.416 e. The molecule has 20 heavy (non-hydrogen) atoms. The van der Waals surface area contributed by atoms with Crippen LogP contribution in [0.1, 0.15) is 18.1 Å². The van der Waals surface area contributed by atoms with Gasteiger partial charge in [0.1, 0.15) is 0 Å². The minimum atomic E-state index is -4.37. The molecule has 1 heterocycles. The highest BCUT2D eigenvalue weighted by molar-refractivity contribution is 5.79. The predicted molar refractivity (Wildman–Crippen MR) is 69.2 cm³/mol. The molecule has 0 unspecified atom stereocenters. The Balaban J connectivity index is 2.08. The molecule has 1 aliphatic rings. The first-order valence-corrected chi connectivity index (χ1v) is 6.54. The van der Waals surface area contributed by atoms with Crippen LogP contribution in [-0.2, 0) is 17.4 Å². The first kappa shape index (κ1) is 14.8. The minimum absolute atomic E-state index is 0.00819. The van der Waals surface area contributed by atoms with Gasteiger partial charge in [0.05, 0.1) is 12.0 Å². The highest BCUT2D eigenvalue weighted by Gasteiger charge is 2.30. The Kier molecular flexibility index (Phi) is 4.32. The SMILES string of the molecule is C[C@H]1CNCCN1C(=O)Cc1cccc(C(F)(F)F)c1. The average Bonchev–Trinajstić information content (AvgIpc) is 2.38. The molecule has 3 nitrogen and oxygen atoms in total. The van der Waals surface area contributed by atoms with Crippen molar-refractivity contribution in [3.05, 3.63) is 35.4 Å². The van der Waals surface area contributed by atoms with Gasteiger partial charge in [-0.2, -0.15) is 13.2 Å². The molecule has 1 aromatic rings. The van der Waals surface area contributed by atoms with Gasteiger partial charge in [0.15, 0.2) is 0 Å². The molecular weight excluding hydrogens is 269 g/mol. The van der Waals surface area contributed by atoms with Gasteiger partial charge in [0.25, 0.3) is 0 Å². The average molecular weight is 286 g/mol. The van der Waals surface area contributed by atoms with Gasteiger partial charge in [0.2, 0.25) is 5.91 Å². The van der Waals surface area contributed by atoms with E-state index in [9.17, 15) is 18.0 Å². The Bertz CT molecular complexity index is 488. The molecule has 1 N–H and O–H groups in total. The molecule has 1 amide bonds. The molecule has 110 valence electrons. The van der Waals surface area contributed by atoms with Gasteiger partial charge in [0, 0.05) is 25.7 Å². The number of hydrogen-bond acceptors (Lipinski definition) is 2. The predicted octanol–water partition coefficient (Wildman–Crippen LogP) is 2.07. The second-order valence-corrected chi connectivity index (χ2v) is 5.02. The van der Waals surface area contributed by atoms with Gasteiger partial charge in [-0.15, -0.1) is 0 Å². The van der Waals surface area contributed by atoms with Crippen molar-refractivity contribution < 1.29 is 18.0 Å². The van der Waals surface area contributed by atoms with Crippen molar-refractivity contribution in [1.82, 2.24) is 10.2 Å². The Morgan fingerprint density at radius 3 is 2.85 bits per heavy atom. The topological polar surface area (TPSA) is 32.3 Å². The van der Waals surface area contributed by atoms with Crippen molar-refractivity contribution >= 4 is 5.91 Å². The molecule has 6 heteroatoms. The zero-order valence-electron chi connectivity index (χ0n) is 11.2. The third kappa shape index (κ3) is 3.50. The van der Waals surface area contributed by atoms with Crippen LogP contribution in [0.2, 0.25) is 0 Å². The summed E-state index contributed by atoms with van der Waals surface area (Å²) >= 11 is 0. The Morgan fingerprint density at radius 2 is 2.20 bits per heavy atom. The van der Waals surface area contributed by atoms with E-state index in [0.29, 0.717) is 18.7 Å². The van der Waals surface area contributed by atoms with E-state index in [1.54, 1.807) is 11.0 Å². The lowest BCUT2D eigenvalue weighted by molar-refractivity contribution is -0.138. The molecule has 0 aliphatic carbocycles. The second-order valence-electron chi connectivity index (χ2n) is 5.02. The lowest BCUT2D eigenvalue weighted by Crippen LogP contribution is -2.52. The number of halogens is 3. The summed E-state index contributed by atoms with van der Waals surface area (Å²) in [7, 11) is 0. The van der Waals surface area contributed by atoms with Gasteiger partial charge in [-0.25, -0.2) is 0 Å². The van der Waals surface area contributed by atoms with Crippen molar-refractivity contribution in [2.24, 2.45) is 0 Å². The number of carbonyl (C=O) groups excluding carboxylic acids is 1. The van der Waals surface area contributed by atoms with Crippen LogP contribution in [0.3, 0.4) is 0 Å². The van der Waals surface area contributed by atoms with E-state index in [2.05, 4.69) is 5.32 Å². The van der Waals surface area contributed by atoms with Gasteiger partial charge in [-0.1, -0.05) is 18.2 Å². The zero-order valence-corrected chi connectivity index (χ0v) is 11.2. The normalized spacial score (nSPS) is 20.0. The molecule has 0 bridgehead atoms. The van der Waals surface area contributed by atoms with E-state index in [1.165, 1.54) is 6.07 Å². The van der Waals surface area contributed by atoms with Crippen LogP contribution in [0, 0.1) is 0 Å². The second kappa shape index (κ2) is 5.83. The quantitative estimate of drug-likeness (QED) is 0.902. The number of hydrogen-bond donors (Lipinski definition) is 1. The third-order valence-corrected chi connectivity index (χ3v) is 3.43. The van der Waals surface area contributed by atoms with E-state index >= 15 is 0 Å². The van der Waals surface area contributed by atoms with Crippen LogP contribution in [0.15, 0.2) is 24.3 Å². The zero-order chi connectivity index (χ0) is 14.8. The first-order valence-electron chi connectivity index (χ1n) is 6.54. The molecular formula is C14H17F3N2O.